The van der Waals surface area contributed by atoms with Gasteiger partial charge in [-0.15, -0.1) is 0 Å². The van der Waals surface area contributed by atoms with E-state index in [4.69, 9.17) is 4.74 Å². The monoisotopic (exact) mass is 864 g/mol. The van der Waals surface area contributed by atoms with Crippen molar-refractivity contribution in [2.24, 2.45) is 0 Å². The highest BCUT2D eigenvalue weighted by atomic mass is 19.1. The fourth-order valence-corrected chi connectivity index (χ4v) is 7.49. The summed E-state index contributed by atoms with van der Waals surface area (Å²) in [6.45, 7) is -0.484. The molecule has 8 rings (SSSR count). The van der Waals surface area contributed by atoms with Crippen molar-refractivity contribution in [3.63, 3.8) is 0 Å². The van der Waals surface area contributed by atoms with Crippen LogP contribution in [0.25, 0.3) is 22.3 Å². The Morgan fingerprint density at radius 2 is 1.05 bits per heavy atom. The van der Waals surface area contributed by atoms with E-state index in [0.29, 0.717) is 40.0 Å². The van der Waals surface area contributed by atoms with E-state index in [9.17, 15) is 37.9 Å². The number of carbonyl (C=O) groups is 5. The Labute approximate surface area is 368 Å². The second kappa shape index (κ2) is 20.9. The number of carboxylic acids is 1. The molecule has 5 N–H and O–H groups in total. The van der Waals surface area contributed by atoms with Gasteiger partial charge in [-0.1, -0.05) is 121 Å². The molecule has 2 aliphatic heterocycles. The van der Waals surface area contributed by atoms with Gasteiger partial charge in [-0.05, 0) is 81.6 Å². The molecule has 0 saturated heterocycles. The molecule has 2 heterocycles. The number of ether oxygens (including phenoxy) is 1. The smallest absolute Gasteiger partial charge is 0.326 e. The number of carbonyl (C=O) groups excluding carboxylic acids is 4. The Balaban J connectivity index is 1.21. The maximum atomic E-state index is 14.5. The van der Waals surface area contributed by atoms with Crippen LogP contribution in [0.3, 0.4) is 0 Å². The second-order valence-corrected chi connectivity index (χ2v) is 15.6. The first-order valence-electron chi connectivity index (χ1n) is 20.8. The van der Waals surface area contributed by atoms with Crippen LogP contribution in [0.5, 0.6) is 5.75 Å². The molecule has 6 aromatic rings. The Hall–Kier alpha value is -7.67. The number of fused-ring (bicyclic) bond motifs is 16. The molecule has 6 aromatic carbocycles. The summed E-state index contributed by atoms with van der Waals surface area (Å²) in [5.74, 6) is -5.25. The molecular formula is C51H46F2N4O7. The van der Waals surface area contributed by atoms with Crippen LogP contribution >= 0.6 is 0 Å². The molecule has 0 aromatic heterocycles. The normalized spacial score (nSPS) is 18.5. The number of nitrogens with one attached hydrogen (secondary N) is 4. The van der Waals surface area contributed by atoms with Gasteiger partial charge in [-0.2, -0.15) is 0 Å². The summed E-state index contributed by atoms with van der Waals surface area (Å²) >= 11 is 0. The molecule has 4 atom stereocenters. The lowest BCUT2D eigenvalue weighted by molar-refractivity contribution is -0.142. The van der Waals surface area contributed by atoms with Crippen LogP contribution < -0.4 is 26.0 Å². The first-order chi connectivity index (χ1) is 30.9. The molecule has 0 saturated carbocycles. The molecule has 0 radical (unpaired) electrons. The fraction of sp³-hybridized carbons (Fsp3) is 0.196. The van der Waals surface area contributed by atoms with E-state index in [-0.39, 0.29) is 25.7 Å². The minimum absolute atomic E-state index is 0.0198. The summed E-state index contributed by atoms with van der Waals surface area (Å²) < 4.78 is 33.8. The summed E-state index contributed by atoms with van der Waals surface area (Å²) in [6.07, 6.45) is 0.304. The van der Waals surface area contributed by atoms with Crippen molar-refractivity contribution >= 4 is 29.6 Å². The first kappa shape index (κ1) is 44.4. The number of amides is 4. The highest BCUT2D eigenvalue weighted by molar-refractivity contribution is 5.95. The van der Waals surface area contributed by atoms with Crippen molar-refractivity contribution in [1.82, 2.24) is 21.3 Å². The van der Waals surface area contributed by atoms with E-state index in [1.165, 1.54) is 12.1 Å². The average molecular weight is 865 g/mol. The Morgan fingerprint density at radius 3 is 1.62 bits per heavy atom. The number of rotatable bonds is 10. The molecule has 0 spiro atoms. The predicted molar refractivity (Wildman–Crippen MR) is 237 cm³/mol. The molecule has 13 heteroatoms. The molecule has 4 amide bonds. The van der Waals surface area contributed by atoms with Gasteiger partial charge in [-0.25, -0.2) is 13.6 Å². The Morgan fingerprint density at radius 1 is 0.547 bits per heavy atom. The van der Waals surface area contributed by atoms with Gasteiger partial charge in [0.25, 0.3) is 5.91 Å². The molecule has 0 unspecified atom stereocenters. The van der Waals surface area contributed by atoms with Crippen molar-refractivity contribution in [1.29, 1.82) is 0 Å². The number of hydrogen-bond donors (Lipinski definition) is 5. The lowest BCUT2D eigenvalue weighted by Crippen LogP contribution is -2.59. The molecule has 2 bridgehead atoms. The van der Waals surface area contributed by atoms with Gasteiger partial charge in [-0.3, -0.25) is 19.2 Å². The number of carboxylic acid groups (broad SMARTS) is 1. The Kier molecular flexibility index (Phi) is 14.5. The second-order valence-electron chi connectivity index (χ2n) is 15.6. The molecule has 0 fully saturated rings. The SMILES string of the molecule is O=C1COc2ccc(cc2)C[C@@H](C(=O)O)NC(=O)[C@H](CCc2ccccc2)NC(=O)[C@@H](Cc2ccc(-c3ccccc3)cc2)NC(=O)[C@H](Cc2ccc(-c3cc(F)cc(F)c3)cc2)N1. The van der Waals surface area contributed by atoms with Crippen LogP contribution in [0, 0.1) is 11.6 Å². The number of halogens is 2. The van der Waals surface area contributed by atoms with Crippen molar-refractivity contribution in [2.45, 2.75) is 56.3 Å². The van der Waals surface area contributed by atoms with Crippen LogP contribution in [0.1, 0.15) is 28.7 Å². The highest BCUT2D eigenvalue weighted by Gasteiger charge is 2.32. The summed E-state index contributed by atoms with van der Waals surface area (Å²) in [7, 11) is 0. The minimum atomic E-state index is -1.35. The quantitative estimate of drug-likeness (QED) is 0.1000. The third-order valence-corrected chi connectivity index (χ3v) is 10.9. The van der Waals surface area contributed by atoms with Crippen LogP contribution in [0.2, 0.25) is 0 Å². The standard InChI is InChI=1S/C51H46F2N4O7/c52-40-28-39(29-41(53)30-40)38-20-13-33(14-21-38)25-44-49(60)56-45(26-34-11-18-37(19-12-34)36-9-5-2-6-10-36)50(61)55-43(24-17-32-7-3-1-4-8-32)48(59)57-46(51(62)63)27-35-15-22-42(23-16-35)64-31-47(58)54-44/h1-16,18-23,28-30,43-46H,17,24-27,31H2,(H,54,58)(H,55,61)(H,56,60)(H,57,59)(H,62,63)/t43-,44-,45+,46-/m0/s1. The summed E-state index contributed by atoms with van der Waals surface area (Å²) in [5.41, 5.74) is 5.45. The zero-order chi connectivity index (χ0) is 45.0. The lowest BCUT2D eigenvalue weighted by Gasteiger charge is -2.26. The van der Waals surface area contributed by atoms with E-state index in [1.54, 1.807) is 48.5 Å². The van der Waals surface area contributed by atoms with Crippen molar-refractivity contribution in [2.75, 3.05) is 6.61 Å². The molecule has 11 nitrogen and oxygen atoms in total. The lowest BCUT2D eigenvalue weighted by atomic mass is 9.98. The van der Waals surface area contributed by atoms with Gasteiger partial charge in [0.2, 0.25) is 17.7 Å². The van der Waals surface area contributed by atoms with E-state index in [1.807, 2.05) is 84.9 Å². The van der Waals surface area contributed by atoms with Crippen LogP contribution in [0.4, 0.5) is 8.78 Å². The number of aliphatic carboxylic acids is 1. The van der Waals surface area contributed by atoms with Crippen LogP contribution in [-0.4, -0.2) is 65.5 Å². The largest absolute Gasteiger partial charge is 0.484 e. The topological polar surface area (TPSA) is 163 Å². The number of hydrogen-bond acceptors (Lipinski definition) is 6. The zero-order valence-electron chi connectivity index (χ0n) is 34.6. The third-order valence-electron chi connectivity index (χ3n) is 10.9. The first-order valence-corrected chi connectivity index (χ1v) is 20.8. The zero-order valence-corrected chi connectivity index (χ0v) is 34.6. The van der Waals surface area contributed by atoms with Crippen LogP contribution in [0.15, 0.2) is 152 Å². The van der Waals surface area contributed by atoms with Gasteiger partial charge < -0.3 is 31.1 Å². The third kappa shape index (κ3) is 12.2. The molecule has 2 aliphatic rings. The molecule has 326 valence electrons. The molecule has 0 aliphatic carbocycles. The summed E-state index contributed by atoms with van der Waals surface area (Å²) in [6, 6.07) is 37.5. The maximum absolute atomic E-state index is 14.5. The van der Waals surface area contributed by atoms with Crippen LogP contribution in [-0.2, 0) is 49.7 Å². The van der Waals surface area contributed by atoms with Crippen molar-refractivity contribution < 1.29 is 42.6 Å². The van der Waals surface area contributed by atoms with E-state index < -0.39 is 72.0 Å². The van der Waals surface area contributed by atoms with Gasteiger partial charge in [0, 0.05) is 25.3 Å². The van der Waals surface area contributed by atoms with Crippen molar-refractivity contribution in [3.8, 4) is 28.0 Å². The van der Waals surface area contributed by atoms with E-state index in [0.717, 1.165) is 22.8 Å². The van der Waals surface area contributed by atoms with Gasteiger partial charge in [0.1, 0.15) is 41.6 Å². The fourth-order valence-electron chi connectivity index (χ4n) is 7.49. The Bertz CT molecular complexity index is 2560. The van der Waals surface area contributed by atoms with Crippen molar-refractivity contribution in [3.05, 3.63) is 186 Å². The van der Waals surface area contributed by atoms with E-state index in [2.05, 4.69) is 21.3 Å². The maximum Gasteiger partial charge on any atom is 0.326 e. The molecular weight excluding hydrogens is 819 g/mol. The molecule has 64 heavy (non-hydrogen) atoms. The predicted octanol–water partition coefficient (Wildman–Crippen LogP) is 6.38. The van der Waals surface area contributed by atoms with Gasteiger partial charge in [0.05, 0.1) is 0 Å². The average Bonchev–Trinajstić information content (AvgIpc) is 3.29. The summed E-state index contributed by atoms with van der Waals surface area (Å²) in [5, 5.41) is 21.2. The van der Waals surface area contributed by atoms with E-state index >= 15 is 0 Å². The van der Waals surface area contributed by atoms with Gasteiger partial charge >= 0.3 is 5.97 Å². The number of benzene rings is 6. The number of aryl methyl sites for hydroxylation is 1. The summed E-state index contributed by atoms with van der Waals surface area (Å²) in [4.78, 5) is 69.0. The highest BCUT2D eigenvalue weighted by Crippen LogP contribution is 2.24. The minimum Gasteiger partial charge on any atom is -0.484 e. The van der Waals surface area contributed by atoms with Gasteiger partial charge in [0.15, 0.2) is 6.61 Å².